The first-order chi connectivity index (χ1) is 8.20. The van der Waals surface area contributed by atoms with Crippen molar-refractivity contribution in [2.45, 2.75) is 32.4 Å². The molecule has 5 heteroatoms. The van der Waals surface area contributed by atoms with Gasteiger partial charge in [-0.1, -0.05) is 0 Å². The van der Waals surface area contributed by atoms with Crippen LogP contribution in [0.3, 0.4) is 0 Å². The molecule has 0 amide bonds. The molecule has 0 bridgehead atoms. The zero-order chi connectivity index (χ0) is 12.3. The highest BCUT2D eigenvalue weighted by atomic mass is 16.5. The summed E-state index contributed by atoms with van der Waals surface area (Å²) in [6.07, 6.45) is 5.80. The predicted octanol–water partition coefficient (Wildman–Crippen LogP) is 0.948. The minimum atomic E-state index is -0.0890. The van der Waals surface area contributed by atoms with Crippen LogP contribution in [-0.2, 0) is 23.1 Å². The van der Waals surface area contributed by atoms with E-state index in [0.717, 1.165) is 31.5 Å². The van der Waals surface area contributed by atoms with Crippen LogP contribution in [0.2, 0.25) is 0 Å². The number of esters is 1. The third kappa shape index (κ3) is 2.85. The molecule has 0 aromatic carbocycles. The summed E-state index contributed by atoms with van der Waals surface area (Å²) < 4.78 is 6.88. The standard InChI is InChI=1S/C12H19N3O2/c1-3-17-12(16)11-5-4-6-15(11)9-10-7-13-14(2)8-10/h7-8,11H,3-6,9H2,1-2H3. The maximum atomic E-state index is 11.8. The van der Waals surface area contributed by atoms with Crippen molar-refractivity contribution in [1.29, 1.82) is 0 Å². The van der Waals surface area contributed by atoms with E-state index in [-0.39, 0.29) is 12.0 Å². The van der Waals surface area contributed by atoms with Gasteiger partial charge in [-0.2, -0.15) is 5.10 Å². The summed E-state index contributed by atoms with van der Waals surface area (Å²) in [5.41, 5.74) is 1.14. The van der Waals surface area contributed by atoms with E-state index < -0.39 is 0 Å². The van der Waals surface area contributed by atoms with Crippen molar-refractivity contribution in [3.05, 3.63) is 18.0 Å². The molecule has 0 N–H and O–H groups in total. The summed E-state index contributed by atoms with van der Waals surface area (Å²) in [6, 6.07) is -0.0739. The molecule has 1 aliphatic heterocycles. The fourth-order valence-corrected chi connectivity index (χ4v) is 2.31. The number of aromatic nitrogens is 2. The Labute approximate surface area is 101 Å². The maximum absolute atomic E-state index is 11.8. The molecule has 2 heterocycles. The van der Waals surface area contributed by atoms with E-state index in [4.69, 9.17) is 4.74 Å². The lowest BCUT2D eigenvalue weighted by molar-refractivity contribution is -0.148. The molecular formula is C12H19N3O2. The van der Waals surface area contributed by atoms with Crippen LogP contribution in [0, 0.1) is 0 Å². The Morgan fingerprint density at radius 3 is 3.12 bits per heavy atom. The van der Waals surface area contributed by atoms with Gasteiger partial charge in [0, 0.05) is 25.4 Å². The minimum absolute atomic E-state index is 0.0739. The molecule has 2 rings (SSSR count). The van der Waals surface area contributed by atoms with Crippen LogP contribution in [-0.4, -0.2) is 39.8 Å². The first-order valence-electron chi connectivity index (χ1n) is 6.09. The lowest BCUT2D eigenvalue weighted by Gasteiger charge is -2.21. The molecule has 1 aromatic rings. The number of ether oxygens (including phenoxy) is 1. The van der Waals surface area contributed by atoms with Gasteiger partial charge in [-0.05, 0) is 26.3 Å². The monoisotopic (exact) mass is 237 g/mol. The summed E-state index contributed by atoms with van der Waals surface area (Å²) in [4.78, 5) is 13.9. The van der Waals surface area contributed by atoms with Gasteiger partial charge in [0.15, 0.2) is 0 Å². The van der Waals surface area contributed by atoms with Crippen molar-refractivity contribution < 1.29 is 9.53 Å². The molecule has 0 spiro atoms. The van der Waals surface area contributed by atoms with Gasteiger partial charge < -0.3 is 4.74 Å². The molecule has 0 saturated carbocycles. The van der Waals surface area contributed by atoms with E-state index in [1.165, 1.54) is 0 Å². The fraction of sp³-hybridized carbons (Fsp3) is 0.667. The third-order valence-electron chi connectivity index (χ3n) is 3.07. The van der Waals surface area contributed by atoms with Crippen molar-refractivity contribution >= 4 is 5.97 Å². The Morgan fingerprint density at radius 1 is 1.65 bits per heavy atom. The van der Waals surface area contributed by atoms with E-state index in [1.807, 2.05) is 26.4 Å². The summed E-state index contributed by atoms with van der Waals surface area (Å²) in [5.74, 6) is -0.0890. The zero-order valence-electron chi connectivity index (χ0n) is 10.4. The molecular weight excluding hydrogens is 218 g/mol. The molecule has 1 saturated heterocycles. The number of aryl methyl sites for hydroxylation is 1. The largest absolute Gasteiger partial charge is 0.465 e. The van der Waals surface area contributed by atoms with Crippen LogP contribution in [0.25, 0.3) is 0 Å². The number of carbonyl (C=O) groups excluding carboxylic acids is 1. The number of carbonyl (C=O) groups is 1. The Morgan fingerprint density at radius 2 is 2.47 bits per heavy atom. The summed E-state index contributed by atoms with van der Waals surface area (Å²) >= 11 is 0. The zero-order valence-corrected chi connectivity index (χ0v) is 10.4. The van der Waals surface area contributed by atoms with Gasteiger partial charge in [0.05, 0.1) is 12.8 Å². The molecule has 5 nitrogen and oxygen atoms in total. The Balaban J connectivity index is 1.97. The van der Waals surface area contributed by atoms with Gasteiger partial charge in [-0.25, -0.2) is 0 Å². The number of nitrogens with zero attached hydrogens (tertiary/aromatic N) is 3. The average molecular weight is 237 g/mol. The van der Waals surface area contributed by atoms with Crippen molar-refractivity contribution in [2.75, 3.05) is 13.2 Å². The van der Waals surface area contributed by atoms with E-state index in [1.54, 1.807) is 4.68 Å². The van der Waals surface area contributed by atoms with Gasteiger partial charge in [-0.15, -0.1) is 0 Å². The number of rotatable bonds is 4. The van der Waals surface area contributed by atoms with Crippen LogP contribution in [0.15, 0.2) is 12.4 Å². The van der Waals surface area contributed by atoms with Crippen molar-refractivity contribution in [2.24, 2.45) is 7.05 Å². The van der Waals surface area contributed by atoms with Crippen LogP contribution >= 0.6 is 0 Å². The van der Waals surface area contributed by atoms with Gasteiger partial charge in [0.2, 0.25) is 0 Å². The van der Waals surface area contributed by atoms with Crippen LogP contribution in [0.1, 0.15) is 25.3 Å². The fourth-order valence-electron chi connectivity index (χ4n) is 2.31. The SMILES string of the molecule is CCOC(=O)C1CCCN1Cc1cnn(C)c1. The summed E-state index contributed by atoms with van der Waals surface area (Å²) in [7, 11) is 1.90. The van der Waals surface area contributed by atoms with E-state index in [9.17, 15) is 4.79 Å². The Hall–Kier alpha value is -1.36. The van der Waals surface area contributed by atoms with Crippen molar-refractivity contribution in [1.82, 2.24) is 14.7 Å². The Bertz CT molecular complexity index is 389. The molecule has 0 radical (unpaired) electrons. The average Bonchev–Trinajstić information content (AvgIpc) is 2.89. The van der Waals surface area contributed by atoms with Gasteiger partial charge in [0.25, 0.3) is 0 Å². The van der Waals surface area contributed by atoms with Crippen LogP contribution < -0.4 is 0 Å². The lowest BCUT2D eigenvalue weighted by Crippen LogP contribution is -2.36. The molecule has 1 aliphatic rings. The first-order valence-corrected chi connectivity index (χ1v) is 6.09. The molecule has 94 valence electrons. The lowest BCUT2D eigenvalue weighted by atomic mass is 10.2. The van der Waals surface area contributed by atoms with Crippen molar-refractivity contribution in [3.8, 4) is 0 Å². The molecule has 1 aromatic heterocycles. The highest BCUT2D eigenvalue weighted by molar-refractivity contribution is 5.76. The number of likely N-dealkylation sites (tertiary alicyclic amines) is 1. The Kier molecular flexibility index (Phi) is 3.78. The van der Waals surface area contributed by atoms with E-state index >= 15 is 0 Å². The van der Waals surface area contributed by atoms with Crippen LogP contribution in [0.4, 0.5) is 0 Å². The predicted molar refractivity (Wildman–Crippen MR) is 63.3 cm³/mol. The molecule has 17 heavy (non-hydrogen) atoms. The van der Waals surface area contributed by atoms with Gasteiger partial charge >= 0.3 is 5.97 Å². The van der Waals surface area contributed by atoms with Gasteiger partial charge in [0.1, 0.15) is 6.04 Å². The van der Waals surface area contributed by atoms with E-state index in [2.05, 4.69) is 10.00 Å². The third-order valence-corrected chi connectivity index (χ3v) is 3.07. The first kappa shape index (κ1) is 12.1. The van der Waals surface area contributed by atoms with Crippen LogP contribution in [0.5, 0.6) is 0 Å². The molecule has 1 unspecified atom stereocenters. The highest BCUT2D eigenvalue weighted by Crippen LogP contribution is 2.20. The molecule has 1 fully saturated rings. The van der Waals surface area contributed by atoms with Gasteiger partial charge in [-0.3, -0.25) is 14.4 Å². The topological polar surface area (TPSA) is 47.4 Å². The summed E-state index contributed by atoms with van der Waals surface area (Å²) in [5, 5.41) is 4.14. The molecule has 1 atom stereocenters. The second-order valence-electron chi connectivity index (χ2n) is 4.40. The number of hydrogen-bond donors (Lipinski definition) is 0. The van der Waals surface area contributed by atoms with Crippen molar-refractivity contribution in [3.63, 3.8) is 0 Å². The quantitative estimate of drug-likeness (QED) is 0.731. The number of hydrogen-bond acceptors (Lipinski definition) is 4. The smallest absolute Gasteiger partial charge is 0.323 e. The normalized spacial score (nSPS) is 20.7. The van der Waals surface area contributed by atoms with E-state index in [0.29, 0.717) is 6.61 Å². The second-order valence-corrected chi connectivity index (χ2v) is 4.40. The highest BCUT2D eigenvalue weighted by Gasteiger charge is 2.31. The summed E-state index contributed by atoms with van der Waals surface area (Å²) in [6.45, 7) is 4.03. The molecule has 0 aliphatic carbocycles. The maximum Gasteiger partial charge on any atom is 0.323 e. The second kappa shape index (κ2) is 5.31. The minimum Gasteiger partial charge on any atom is -0.465 e.